The van der Waals surface area contributed by atoms with E-state index >= 15 is 0 Å². The van der Waals surface area contributed by atoms with Crippen molar-refractivity contribution < 1.29 is 18.0 Å². The highest BCUT2D eigenvalue weighted by Crippen LogP contribution is 2.29. The fourth-order valence-corrected chi connectivity index (χ4v) is 3.51. The van der Waals surface area contributed by atoms with Gasteiger partial charge in [-0.05, 0) is 39.0 Å². The molecule has 0 saturated carbocycles. The molecule has 2 aromatic heterocycles. The molecule has 9 heteroatoms. The molecule has 0 radical (unpaired) electrons. The summed E-state index contributed by atoms with van der Waals surface area (Å²) < 4.78 is 39.8. The Kier molecular flexibility index (Phi) is 4.35. The number of amides is 1. The molecule has 136 valence electrons. The zero-order valence-corrected chi connectivity index (χ0v) is 14.9. The van der Waals surface area contributed by atoms with Crippen LogP contribution in [0.4, 0.5) is 18.9 Å². The molecule has 0 spiro atoms. The first-order chi connectivity index (χ1) is 12.1. The molecule has 1 amide bonds. The first kappa shape index (κ1) is 18.1. The molecule has 3 rings (SSSR count). The van der Waals surface area contributed by atoms with E-state index < -0.39 is 23.2 Å². The normalized spacial score (nSPS) is 11.8. The van der Waals surface area contributed by atoms with Gasteiger partial charge in [0.2, 0.25) is 0 Å². The Morgan fingerprint density at radius 1 is 1.23 bits per heavy atom. The van der Waals surface area contributed by atoms with E-state index in [1.807, 2.05) is 6.92 Å². The van der Waals surface area contributed by atoms with E-state index in [9.17, 15) is 22.8 Å². The minimum absolute atomic E-state index is 0.0502. The molecule has 0 unspecified atom stereocenters. The highest BCUT2D eigenvalue weighted by Gasteiger charge is 2.31. The van der Waals surface area contributed by atoms with Gasteiger partial charge in [0.25, 0.3) is 11.5 Å². The second kappa shape index (κ2) is 6.24. The lowest BCUT2D eigenvalue weighted by Crippen LogP contribution is -2.25. The summed E-state index contributed by atoms with van der Waals surface area (Å²) in [4.78, 5) is 30.8. The van der Waals surface area contributed by atoms with Crippen molar-refractivity contribution in [2.45, 2.75) is 26.9 Å². The van der Waals surface area contributed by atoms with Gasteiger partial charge >= 0.3 is 6.18 Å². The number of hydrogen-bond donors (Lipinski definition) is 1. The van der Waals surface area contributed by atoms with Crippen LogP contribution in [0.3, 0.4) is 0 Å². The number of nitrogens with zero attached hydrogens (tertiary/aromatic N) is 2. The molecular weight excluding hydrogens is 367 g/mol. The van der Waals surface area contributed by atoms with Gasteiger partial charge in [-0.3, -0.25) is 14.0 Å². The predicted octanol–water partition coefficient (Wildman–Crippen LogP) is 3.95. The Labute approximate surface area is 150 Å². The second-order valence-electron chi connectivity index (χ2n) is 5.77. The average molecular weight is 381 g/mol. The van der Waals surface area contributed by atoms with E-state index in [0.717, 1.165) is 23.1 Å². The lowest BCUT2D eigenvalue weighted by Gasteiger charge is -2.10. The van der Waals surface area contributed by atoms with E-state index in [-0.39, 0.29) is 11.3 Å². The van der Waals surface area contributed by atoms with E-state index in [1.165, 1.54) is 21.8 Å². The number of alkyl halides is 3. The van der Waals surface area contributed by atoms with Crippen molar-refractivity contribution in [2.75, 3.05) is 5.32 Å². The Morgan fingerprint density at radius 2 is 1.92 bits per heavy atom. The number of benzene rings is 1. The number of halogens is 3. The second-order valence-corrected chi connectivity index (χ2v) is 6.95. The van der Waals surface area contributed by atoms with Gasteiger partial charge in [0.15, 0.2) is 4.96 Å². The fraction of sp³-hybridized carbons (Fsp3) is 0.235. The molecule has 1 aromatic carbocycles. The molecular formula is C17H14F3N3O2S. The first-order valence-corrected chi connectivity index (χ1v) is 8.39. The zero-order chi connectivity index (χ0) is 19.2. The molecule has 3 aromatic rings. The van der Waals surface area contributed by atoms with Crippen LogP contribution in [0, 0.1) is 20.8 Å². The smallest absolute Gasteiger partial charge is 0.316 e. The van der Waals surface area contributed by atoms with E-state index in [1.54, 1.807) is 13.8 Å². The van der Waals surface area contributed by atoms with Gasteiger partial charge in [0, 0.05) is 16.1 Å². The van der Waals surface area contributed by atoms with Crippen LogP contribution >= 0.6 is 11.3 Å². The predicted molar refractivity (Wildman–Crippen MR) is 92.9 cm³/mol. The summed E-state index contributed by atoms with van der Waals surface area (Å²) in [5, 5.41) is 2.40. The molecule has 0 atom stereocenters. The summed E-state index contributed by atoms with van der Waals surface area (Å²) in [6.45, 7) is 5.17. The molecule has 0 aliphatic rings. The quantitative estimate of drug-likeness (QED) is 0.731. The van der Waals surface area contributed by atoms with Crippen molar-refractivity contribution >= 4 is 27.9 Å². The third-order valence-corrected chi connectivity index (χ3v) is 5.07. The molecule has 0 bridgehead atoms. The number of thiazole rings is 1. The van der Waals surface area contributed by atoms with Crippen LogP contribution in [-0.2, 0) is 6.18 Å². The number of rotatable bonds is 2. The van der Waals surface area contributed by atoms with Crippen LogP contribution in [0.5, 0.6) is 0 Å². The van der Waals surface area contributed by atoms with Gasteiger partial charge in [-0.25, -0.2) is 4.98 Å². The summed E-state index contributed by atoms with van der Waals surface area (Å²) in [6.07, 6.45) is -4.56. The Balaban J connectivity index is 2.03. The third-order valence-electron chi connectivity index (χ3n) is 4.01. The van der Waals surface area contributed by atoms with Crippen molar-refractivity contribution in [1.29, 1.82) is 0 Å². The molecule has 2 heterocycles. The Morgan fingerprint density at radius 3 is 2.58 bits per heavy atom. The SMILES string of the molecule is Cc1nc2sc(C)c(C)n2c(=O)c1NC(=O)c1cccc(C(F)(F)F)c1. The monoisotopic (exact) mass is 381 g/mol. The summed E-state index contributed by atoms with van der Waals surface area (Å²) >= 11 is 1.35. The lowest BCUT2D eigenvalue weighted by molar-refractivity contribution is -0.137. The maximum Gasteiger partial charge on any atom is 0.416 e. The summed E-state index contributed by atoms with van der Waals surface area (Å²) in [6, 6.07) is 4.02. The molecule has 0 saturated heterocycles. The van der Waals surface area contributed by atoms with Gasteiger partial charge in [0.05, 0.1) is 11.3 Å². The maximum absolute atomic E-state index is 12.8. The Hall–Kier alpha value is -2.68. The third kappa shape index (κ3) is 3.10. The van der Waals surface area contributed by atoms with Crippen LogP contribution in [0.1, 0.15) is 32.2 Å². The standard InChI is InChI=1S/C17H14F3N3O2S/c1-8-13(15(25)23-9(2)10(3)26-16(23)21-8)22-14(24)11-5-4-6-12(7-11)17(18,19)20/h4-7H,1-3H3,(H,22,24). The maximum atomic E-state index is 12.8. The van der Waals surface area contributed by atoms with Gasteiger partial charge in [-0.2, -0.15) is 13.2 Å². The van der Waals surface area contributed by atoms with Crippen molar-refractivity contribution in [2.24, 2.45) is 0 Å². The van der Waals surface area contributed by atoms with E-state index in [4.69, 9.17) is 0 Å². The fourth-order valence-electron chi connectivity index (χ4n) is 2.50. The molecule has 0 aliphatic carbocycles. The number of fused-ring (bicyclic) bond motifs is 1. The number of aryl methyl sites for hydroxylation is 3. The highest BCUT2D eigenvalue weighted by atomic mass is 32.1. The van der Waals surface area contributed by atoms with Crippen molar-refractivity contribution in [3.05, 3.63) is 62.0 Å². The summed E-state index contributed by atoms with van der Waals surface area (Å²) in [7, 11) is 0. The molecule has 0 fully saturated rings. The zero-order valence-electron chi connectivity index (χ0n) is 14.1. The van der Waals surface area contributed by atoms with Gasteiger partial charge in [-0.15, -0.1) is 11.3 Å². The van der Waals surface area contributed by atoms with Crippen LogP contribution < -0.4 is 10.9 Å². The van der Waals surface area contributed by atoms with Crippen molar-refractivity contribution in [3.63, 3.8) is 0 Å². The van der Waals surface area contributed by atoms with Crippen LogP contribution in [0.15, 0.2) is 29.1 Å². The number of carbonyl (C=O) groups is 1. The topological polar surface area (TPSA) is 63.5 Å². The summed E-state index contributed by atoms with van der Waals surface area (Å²) in [5.41, 5.74) is -0.632. The molecule has 26 heavy (non-hydrogen) atoms. The minimum Gasteiger partial charge on any atom is -0.316 e. The molecule has 5 nitrogen and oxygen atoms in total. The van der Waals surface area contributed by atoms with Crippen LogP contribution in [0.25, 0.3) is 4.96 Å². The van der Waals surface area contributed by atoms with Crippen molar-refractivity contribution in [3.8, 4) is 0 Å². The van der Waals surface area contributed by atoms with Gasteiger partial charge in [0.1, 0.15) is 5.69 Å². The number of hydrogen-bond acceptors (Lipinski definition) is 4. The van der Waals surface area contributed by atoms with E-state index in [0.29, 0.717) is 16.3 Å². The first-order valence-electron chi connectivity index (χ1n) is 7.57. The van der Waals surface area contributed by atoms with Crippen molar-refractivity contribution in [1.82, 2.24) is 9.38 Å². The van der Waals surface area contributed by atoms with Crippen LogP contribution in [0.2, 0.25) is 0 Å². The van der Waals surface area contributed by atoms with Gasteiger partial charge in [-0.1, -0.05) is 6.07 Å². The number of aromatic nitrogens is 2. The van der Waals surface area contributed by atoms with Gasteiger partial charge < -0.3 is 5.32 Å². The Bertz CT molecular complexity index is 1080. The molecule has 1 N–H and O–H groups in total. The molecule has 0 aliphatic heterocycles. The minimum atomic E-state index is -4.56. The lowest BCUT2D eigenvalue weighted by atomic mass is 10.1. The average Bonchev–Trinajstić information content (AvgIpc) is 2.84. The van der Waals surface area contributed by atoms with E-state index in [2.05, 4.69) is 10.3 Å². The highest BCUT2D eigenvalue weighted by molar-refractivity contribution is 7.17. The number of carbonyl (C=O) groups excluding carboxylic acids is 1. The largest absolute Gasteiger partial charge is 0.416 e. The number of nitrogens with one attached hydrogen (secondary N) is 1. The summed E-state index contributed by atoms with van der Waals surface area (Å²) in [5.74, 6) is -0.803. The van der Waals surface area contributed by atoms with Crippen LogP contribution in [-0.4, -0.2) is 15.3 Å². The number of anilines is 1.